The second kappa shape index (κ2) is 8.03. The van der Waals surface area contributed by atoms with Gasteiger partial charge in [0.05, 0.1) is 29.9 Å². The second-order valence-corrected chi connectivity index (χ2v) is 9.18. The summed E-state index contributed by atoms with van der Waals surface area (Å²) in [4.78, 5) is 6.45. The molecule has 150 valence electrons. The first-order valence-corrected chi connectivity index (χ1v) is 10.9. The van der Waals surface area contributed by atoms with E-state index in [2.05, 4.69) is 16.8 Å². The van der Waals surface area contributed by atoms with Gasteiger partial charge in [-0.1, -0.05) is 11.6 Å². The Morgan fingerprint density at radius 2 is 1.68 bits per heavy atom. The molecule has 5 nitrogen and oxygen atoms in total. The molecule has 2 aliphatic heterocycles. The maximum atomic E-state index is 13.5. The quantitative estimate of drug-likeness (QED) is 0.761. The molecule has 0 amide bonds. The number of ether oxygens (including phenoxy) is 2. The molecule has 4 rings (SSSR count). The van der Waals surface area contributed by atoms with Gasteiger partial charge in [-0.25, -0.2) is 4.21 Å². The maximum Gasteiger partial charge on any atom is 0.161 e. The van der Waals surface area contributed by atoms with Crippen LogP contribution in [0.5, 0.6) is 11.5 Å². The van der Waals surface area contributed by atoms with Crippen molar-refractivity contribution < 1.29 is 13.7 Å². The van der Waals surface area contributed by atoms with E-state index in [0.29, 0.717) is 16.5 Å². The molecule has 0 aromatic heterocycles. The van der Waals surface area contributed by atoms with Crippen LogP contribution in [-0.2, 0) is 17.2 Å². The number of likely N-dealkylation sites (N-methyl/N-ethyl adjacent to an activating group) is 1. The molecule has 2 heterocycles. The van der Waals surface area contributed by atoms with Gasteiger partial charge in [0.1, 0.15) is 0 Å². The molecule has 2 aliphatic rings. The normalized spacial score (nSPS) is 22.9. The van der Waals surface area contributed by atoms with Crippen LogP contribution in [0, 0.1) is 0 Å². The summed E-state index contributed by atoms with van der Waals surface area (Å²) < 4.78 is 24.5. The van der Waals surface area contributed by atoms with Gasteiger partial charge in [-0.2, -0.15) is 0 Å². The molecular weight excluding hydrogens is 396 g/mol. The summed E-state index contributed by atoms with van der Waals surface area (Å²) in [5.74, 6) is 1.27. The molecule has 1 fully saturated rings. The molecule has 7 heteroatoms. The highest BCUT2D eigenvalue weighted by molar-refractivity contribution is 7.85. The third-order valence-electron chi connectivity index (χ3n) is 5.69. The third kappa shape index (κ3) is 3.54. The summed E-state index contributed by atoms with van der Waals surface area (Å²) in [6.07, 6.45) is 0.762. The molecule has 2 aromatic carbocycles. The Morgan fingerprint density at radius 3 is 2.36 bits per heavy atom. The molecule has 0 radical (unpaired) electrons. The SMILES string of the molecule is COc1cc2c(cc1OC)S(=O)c1ccc(Cl)cc1C(N1CCN(C)CC1)C2. The van der Waals surface area contributed by atoms with Gasteiger partial charge in [-0.3, -0.25) is 4.90 Å². The number of rotatable bonds is 3. The zero-order valence-corrected chi connectivity index (χ0v) is 18.0. The number of halogens is 1. The van der Waals surface area contributed by atoms with E-state index in [9.17, 15) is 4.21 Å². The van der Waals surface area contributed by atoms with Gasteiger partial charge in [0.2, 0.25) is 0 Å². The van der Waals surface area contributed by atoms with Crippen LogP contribution in [0.25, 0.3) is 0 Å². The fourth-order valence-electron chi connectivity index (χ4n) is 4.08. The predicted molar refractivity (Wildman–Crippen MR) is 111 cm³/mol. The van der Waals surface area contributed by atoms with Gasteiger partial charge in [0.15, 0.2) is 11.5 Å². The van der Waals surface area contributed by atoms with Crippen molar-refractivity contribution in [3.05, 3.63) is 46.5 Å². The number of hydrogen-bond acceptors (Lipinski definition) is 5. The molecule has 28 heavy (non-hydrogen) atoms. The molecule has 0 spiro atoms. The van der Waals surface area contributed by atoms with E-state index >= 15 is 0 Å². The van der Waals surface area contributed by atoms with Crippen LogP contribution in [0.3, 0.4) is 0 Å². The Bertz CT molecular complexity index is 913. The molecule has 2 unspecified atom stereocenters. The van der Waals surface area contributed by atoms with Gasteiger partial charge < -0.3 is 14.4 Å². The molecule has 2 aromatic rings. The summed E-state index contributed by atoms with van der Waals surface area (Å²) in [5.41, 5.74) is 2.09. The van der Waals surface area contributed by atoms with Crippen LogP contribution < -0.4 is 9.47 Å². The number of hydrogen-bond donors (Lipinski definition) is 0. The van der Waals surface area contributed by atoms with Crippen LogP contribution in [0.2, 0.25) is 5.02 Å². The summed E-state index contributed by atoms with van der Waals surface area (Å²) in [7, 11) is 4.08. The van der Waals surface area contributed by atoms with Crippen molar-refractivity contribution >= 4 is 22.4 Å². The molecular formula is C21H25ClN2O3S. The Hall–Kier alpha value is -1.60. The van der Waals surface area contributed by atoms with Crippen LogP contribution in [0.4, 0.5) is 0 Å². The summed E-state index contributed by atoms with van der Waals surface area (Å²) in [6, 6.07) is 9.68. The first-order chi connectivity index (χ1) is 13.5. The fourth-order valence-corrected chi connectivity index (χ4v) is 5.69. The van der Waals surface area contributed by atoms with Crippen LogP contribution in [0.1, 0.15) is 17.2 Å². The standard InChI is InChI=1S/C21H25ClN2O3S/c1-23-6-8-24(9-7-23)17-10-14-11-18(26-2)19(27-3)13-21(14)28(25)20-5-4-15(22)12-16(17)20/h4-5,11-13,17H,6-10H2,1-3H3. The van der Waals surface area contributed by atoms with Crippen molar-refractivity contribution in [1.82, 2.24) is 9.80 Å². The van der Waals surface area contributed by atoms with Crippen molar-refractivity contribution in [3.63, 3.8) is 0 Å². The lowest BCUT2D eigenvalue weighted by atomic mass is 9.96. The fraction of sp³-hybridized carbons (Fsp3) is 0.429. The average molecular weight is 421 g/mol. The van der Waals surface area contributed by atoms with Crippen molar-refractivity contribution in [2.45, 2.75) is 22.3 Å². The van der Waals surface area contributed by atoms with Crippen LogP contribution >= 0.6 is 11.6 Å². The van der Waals surface area contributed by atoms with E-state index in [1.165, 1.54) is 0 Å². The zero-order chi connectivity index (χ0) is 19.8. The summed E-state index contributed by atoms with van der Waals surface area (Å²) in [6.45, 7) is 3.99. The van der Waals surface area contributed by atoms with E-state index in [1.54, 1.807) is 14.2 Å². The molecule has 0 bridgehead atoms. The summed E-state index contributed by atoms with van der Waals surface area (Å²) in [5, 5.41) is 0.677. The van der Waals surface area contributed by atoms with Gasteiger partial charge in [-0.15, -0.1) is 0 Å². The highest BCUT2D eigenvalue weighted by atomic mass is 35.5. The second-order valence-electron chi connectivity index (χ2n) is 7.32. The number of methoxy groups -OCH3 is 2. The highest BCUT2D eigenvalue weighted by Gasteiger charge is 2.33. The average Bonchev–Trinajstić information content (AvgIpc) is 2.82. The van der Waals surface area contributed by atoms with E-state index in [-0.39, 0.29) is 6.04 Å². The first kappa shape index (κ1) is 19.7. The van der Waals surface area contributed by atoms with Crippen LogP contribution in [-0.4, -0.2) is 61.5 Å². The maximum absolute atomic E-state index is 13.5. The molecule has 1 saturated heterocycles. The Morgan fingerprint density at radius 1 is 1.00 bits per heavy atom. The van der Waals surface area contributed by atoms with E-state index in [0.717, 1.165) is 53.5 Å². The van der Waals surface area contributed by atoms with Gasteiger partial charge in [0.25, 0.3) is 0 Å². The van der Waals surface area contributed by atoms with Crippen molar-refractivity contribution in [3.8, 4) is 11.5 Å². The Kier molecular flexibility index (Phi) is 5.65. The lowest BCUT2D eigenvalue weighted by Gasteiger charge is -2.38. The molecule has 0 aliphatic carbocycles. The minimum atomic E-state index is -1.30. The smallest absolute Gasteiger partial charge is 0.161 e. The lowest BCUT2D eigenvalue weighted by Crippen LogP contribution is -2.46. The van der Waals surface area contributed by atoms with E-state index in [4.69, 9.17) is 21.1 Å². The largest absolute Gasteiger partial charge is 0.493 e. The minimum absolute atomic E-state index is 0.130. The number of piperazine rings is 1. The minimum Gasteiger partial charge on any atom is -0.493 e. The zero-order valence-electron chi connectivity index (χ0n) is 16.4. The monoisotopic (exact) mass is 420 g/mol. The van der Waals surface area contributed by atoms with Crippen LogP contribution in [0.15, 0.2) is 40.1 Å². The summed E-state index contributed by atoms with van der Waals surface area (Å²) >= 11 is 6.35. The van der Waals surface area contributed by atoms with Crippen molar-refractivity contribution in [2.24, 2.45) is 0 Å². The molecule has 2 atom stereocenters. The van der Waals surface area contributed by atoms with E-state index < -0.39 is 10.8 Å². The number of fused-ring (bicyclic) bond motifs is 2. The van der Waals surface area contributed by atoms with Gasteiger partial charge in [0, 0.05) is 48.2 Å². The van der Waals surface area contributed by atoms with Gasteiger partial charge >= 0.3 is 0 Å². The Balaban J connectivity index is 1.85. The Labute approximate surface area is 173 Å². The number of nitrogens with zero attached hydrogens (tertiary/aromatic N) is 2. The first-order valence-electron chi connectivity index (χ1n) is 9.40. The molecule has 0 N–H and O–H groups in total. The third-order valence-corrected chi connectivity index (χ3v) is 7.47. The lowest BCUT2D eigenvalue weighted by molar-refractivity contribution is 0.110. The topological polar surface area (TPSA) is 42.0 Å². The van der Waals surface area contributed by atoms with Gasteiger partial charge in [-0.05, 0) is 48.9 Å². The number of benzene rings is 2. The van der Waals surface area contributed by atoms with Crippen molar-refractivity contribution in [1.29, 1.82) is 0 Å². The highest BCUT2D eigenvalue weighted by Crippen LogP contribution is 2.42. The predicted octanol–water partition coefficient (Wildman–Crippen LogP) is 3.37. The van der Waals surface area contributed by atoms with Crippen molar-refractivity contribution in [2.75, 3.05) is 47.4 Å². The van der Waals surface area contributed by atoms with E-state index in [1.807, 2.05) is 30.3 Å². The molecule has 0 saturated carbocycles.